The summed E-state index contributed by atoms with van der Waals surface area (Å²) in [5.74, 6) is 0.148. The maximum Gasteiger partial charge on any atom is 0.344 e. The van der Waals surface area contributed by atoms with Gasteiger partial charge in [0.2, 0.25) is 0 Å². The number of benzene rings is 2. The number of aryl methyl sites for hydroxylation is 2. The summed E-state index contributed by atoms with van der Waals surface area (Å²) in [5, 5.41) is 3.24. The highest BCUT2D eigenvalue weighted by atomic mass is 16.6. The lowest BCUT2D eigenvalue weighted by molar-refractivity contribution is -0.146. The van der Waals surface area contributed by atoms with E-state index in [4.69, 9.17) is 9.47 Å². The minimum Gasteiger partial charge on any atom is -0.482 e. The monoisotopic (exact) mass is 382 g/mol. The van der Waals surface area contributed by atoms with Crippen LogP contribution >= 0.6 is 0 Å². The first kappa shape index (κ1) is 19.7. The number of rotatable bonds is 6. The van der Waals surface area contributed by atoms with Crippen LogP contribution in [0.15, 0.2) is 42.5 Å². The van der Waals surface area contributed by atoms with Crippen LogP contribution in [0, 0.1) is 13.8 Å². The molecule has 1 aliphatic heterocycles. The molecule has 0 aromatic heterocycles. The summed E-state index contributed by atoms with van der Waals surface area (Å²) in [6, 6.07) is 13.4. The zero-order valence-corrected chi connectivity index (χ0v) is 16.7. The van der Waals surface area contributed by atoms with Gasteiger partial charge in [-0.25, -0.2) is 4.79 Å². The minimum absolute atomic E-state index is 0.0612. The van der Waals surface area contributed by atoms with Crippen molar-refractivity contribution < 1.29 is 19.1 Å². The number of carbonyl (C=O) groups is 2. The molecular weight excluding hydrogens is 356 g/mol. The van der Waals surface area contributed by atoms with Crippen LogP contribution < -0.4 is 15.0 Å². The summed E-state index contributed by atoms with van der Waals surface area (Å²) >= 11 is 0. The highest BCUT2D eigenvalue weighted by Crippen LogP contribution is 2.34. The number of fused-ring (bicyclic) bond motifs is 1. The molecule has 0 saturated heterocycles. The van der Waals surface area contributed by atoms with Crippen LogP contribution in [0.25, 0.3) is 0 Å². The Labute approximate surface area is 165 Å². The van der Waals surface area contributed by atoms with Gasteiger partial charge in [-0.05, 0) is 57.0 Å². The van der Waals surface area contributed by atoms with Gasteiger partial charge in [-0.2, -0.15) is 0 Å². The largest absolute Gasteiger partial charge is 0.482 e. The third-order valence-electron chi connectivity index (χ3n) is 4.69. The van der Waals surface area contributed by atoms with Gasteiger partial charge >= 0.3 is 5.97 Å². The van der Waals surface area contributed by atoms with E-state index in [1.165, 1.54) is 0 Å². The number of carbonyl (C=O) groups excluding carboxylic acids is 2. The highest BCUT2D eigenvalue weighted by Gasteiger charge is 2.38. The SMILES string of the molecule is Cc1ccc(C)c(OCC(=O)OCCN2C(=O)C(C)(C)Nc3ccccc32)c1. The fourth-order valence-electron chi connectivity index (χ4n) is 3.17. The van der Waals surface area contributed by atoms with Gasteiger partial charge in [0.05, 0.1) is 17.9 Å². The van der Waals surface area contributed by atoms with Crippen molar-refractivity contribution in [1.29, 1.82) is 0 Å². The van der Waals surface area contributed by atoms with E-state index >= 15 is 0 Å². The zero-order valence-electron chi connectivity index (χ0n) is 16.7. The number of anilines is 2. The molecule has 3 rings (SSSR count). The average Bonchev–Trinajstić information content (AvgIpc) is 2.65. The van der Waals surface area contributed by atoms with Crippen molar-refractivity contribution in [1.82, 2.24) is 0 Å². The number of nitrogens with one attached hydrogen (secondary N) is 1. The Morgan fingerprint density at radius 3 is 2.68 bits per heavy atom. The molecule has 148 valence electrons. The van der Waals surface area contributed by atoms with E-state index in [1.54, 1.807) is 4.90 Å². The highest BCUT2D eigenvalue weighted by molar-refractivity contribution is 6.07. The molecule has 1 amide bonds. The quantitative estimate of drug-likeness (QED) is 0.775. The molecule has 2 aromatic carbocycles. The first-order valence-corrected chi connectivity index (χ1v) is 9.33. The Morgan fingerprint density at radius 2 is 1.89 bits per heavy atom. The van der Waals surface area contributed by atoms with Crippen LogP contribution in [-0.2, 0) is 14.3 Å². The first-order valence-electron chi connectivity index (χ1n) is 9.33. The van der Waals surface area contributed by atoms with Gasteiger partial charge in [-0.15, -0.1) is 0 Å². The smallest absolute Gasteiger partial charge is 0.344 e. The second-order valence-electron chi connectivity index (χ2n) is 7.50. The second-order valence-corrected chi connectivity index (χ2v) is 7.50. The predicted octanol–water partition coefficient (Wildman–Crippen LogP) is 3.46. The van der Waals surface area contributed by atoms with Crippen molar-refractivity contribution in [2.24, 2.45) is 0 Å². The fourth-order valence-corrected chi connectivity index (χ4v) is 3.17. The summed E-state index contributed by atoms with van der Waals surface area (Å²) in [7, 11) is 0. The summed E-state index contributed by atoms with van der Waals surface area (Å²) in [4.78, 5) is 26.5. The van der Waals surface area contributed by atoms with E-state index in [0.717, 1.165) is 22.5 Å². The lowest BCUT2D eigenvalue weighted by Gasteiger charge is -2.39. The van der Waals surface area contributed by atoms with E-state index in [0.29, 0.717) is 5.75 Å². The van der Waals surface area contributed by atoms with Crippen molar-refractivity contribution in [2.45, 2.75) is 33.2 Å². The molecule has 0 bridgehead atoms. The Bertz CT molecular complexity index is 892. The summed E-state index contributed by atoms with van der Waals surface area (Å²) in [6.45, 7) is 7.79. The van der Waals surface area contributed by atoms with Crippen LogP contribution in [0.1, 0.15) is 25.0 Å². The second kappa shape index (κ2) is 7.92. The molecule has 0 unspecified atom stereocenters. The van der Waals surface area contributed by atoms with E-state index in [2.05, 4.69) is 5.32 Å². The van der Waals surface area contributed by atoms with Crippen LogP contribution in [0.2, 0.25) is 0 Å². The molecule has 2 aromatic rings. The number of esters is 1. The lowest BCUT2D eigenvalue weighted by Crippen LogP contribution is -2.54. The van der Waals surface area contributed by atoms with Gasteiger partial charge < -0.3 is 19.7 Å². The van der Waals surface area contributed by atoms with E-state index in [-0.39, 0.29) is 25.7 Å². The van der Waals surface area contributed by atoms with Crippen LogP contribution in [-0.4, -0.2) is 37.2 Å². The first-order chi connectivity index (χ1) is 13.3. The molecule has 1 aliphatic rings. The van der Waals surface area contributed by atoms with E-state index in [1.807, 2.05) is 70.2 Å². The van der Waals surface area contributed by atoms with Gasteiger partial charge in [0, 0.05) is 0 Å². The maximum atomic E-state index is 12.8. The molecule has 28 heavy (non-hydrogen) atoms. The standard InChI is InChI=1S/C22H26N2O4/c1-15-9-10-16(2)19(13-15)28-14-20(25)27-12-11-24-18-8-6-5-7-17(18)23-22(3,4)21(24)26/h5-10,13,23H,11-12,14H2,1-4H3. The van der Waals surface area contributed by atoms with Crippen molar-refractivity contribution in [3.63, 3.8) is 0 Å². The molecule has 0 spiro atoms. The van der Waals surface area contributed by atoms with Crippen LogP contribution in [0.4, 0.5) is 11.4 Å². The van der Waals surface area contributed by atoms with Gasteiger partial charge in [0.1, 0.15) is 17.9 Å². The fraction of sp³-hybridized carbons (Fsp3) is 0.364. The van der Waals surface area contributed by atoms with Crippen LogP contribution in [0.3, 0.4) is 0 Å². The Balaban J connectivity index is 1.56. The van der Waals surface area contributed by atoms with E-state index in [9.17, 15) is 9.59 Å². The molecule has 6 nitrogen and oxygen atoms in total. The maximum absolute atomic E-state index is 12.8. The summed E-state index contributed by atoms with van der Waals surface area (Å²) < 4.78 is 10.9. The summed E-state index contributed by atoms with van der Waals surface area (Å²) in [5.41, 5.74) is 2.98. The Kier molecular flexibility index (Phi) is 5.58. The molecule has 1 N–H and O–H groups in total. The van der Waals surface area contributed by atoms with Crippen molar-refractivity contribution in [3.05, 3.63) is 53.6 Å². The topological polar surface area (TPSA) is 67.9 Å². The molecule has 0 fully saturated rings. The molecule has 0 radical (unpaired) electrons. The van der Waals surface area contributed by atoms with Gasteiger partial charge in [-0.3, -0.25) is 4.79 Å². The van der Waals surface area contributed by atoms with Crippen LogP contribution in [0.5, 0.6) is 5.75 Å². The molecule has 0 atom stereocenters. The molecule has 1 heterocycles. The number of nitrogens with zero attached hydrogens (tertiary/aromatic N) is 1. The van der Waals surface area contributed by atoms with Crippen molar-refractivity contribution in [3.8, 4) is 5.75 Å². The van der Waals surface area contributed by atoms with Crippen molar-refractivity contribution >= 4 is 23.3 Å². The molecule has 6 heteroatoms. The average molecular weight is 382 g/mol. The summed E-state index contributed by atoms with van der Waals surface area (Å²) in [6.07, 6.45) is 0. The minimum atomic E-state index is -0.718. The number of hydrogen-bond acceptors (Lipinski definition) is 5. The van der Waals surface area contributed by atoms with Gasteiger partial charge in [-0.1, -0.05) is 24.3 Å². The van der Waals surface area contributed by atoms with E-state index < -0.39 is 11.5 Å². The Hall–Kier alpha value is -3.02. The molecular formula is C22H26N2O4. The van der Waals surface area contributed by atoms with Gasteiger partial charge in [0.15, 0.2) is 6.61 Å². The number of para-hydroxylation sites is 2. The molecule has 0 saturated carbocycles. The number of ether oxygens (including phenoxy) is 2. The Morgan fingerprint density at radius 1 is 1.14 bits per heavy atom. The predicted molar refractivity (Wildman–Crippen MR) is 109 cm³/mol. The molecule has 0 aliphatic carbocycles. The van der Waals surface area contributed by atoms with Crippen molar-refractivity contribution in [2.75, 3.05) is 30.0 Å². The third-order valence-corrected chi connectivity index (χ3v) is 4.69. The zero-order chi connectivity index (χ0) is 20.3. The normalized spacial score (nSPS) is 14.9. The van der Waals surface area contributed by atoms with Gasteiger partial charge in [0.25, 0.3) is 5.91 Å². The number of hydrogen-bond donors (Lipinski definition) is 1. The number of amides is 1. The lowest BCUT2D eigenvalue weighted by atomic mass is 9.98. The third kappa shape index (κ3) is 4.27.